The molecule has 2 rings (SSSR count). The van der Waals surface area contributed by atoms with Crippen LogP contribution in [0.3, 0.4) is 0 Å². The van der Waals surface area contributed by atoms with Gasteiger partial charge in [0.25, 0.3) is 0 Å². The van der Waals surface area contributed by atoms with E-state index >= 15 is 0 Å². The summed E-state index contributed by atoms with van der Waals surface area (Å²) in [6.45, 7) is 1.01. The maximum absolute atomic E-state index is 5.73. The fraction of sp³-hybridized carbons (Fsp3) is 0.385. The molecular weight excluding hydrogens is 202 g/mol. The lowest BCUT2D eigenvalue weighted by Gasteiger charge is -1.96. The second kappa shape index (κ2) is 5.03. The zero-order valence-corrected chi connectivity index (χ0v) is 9.75. The number of rotatable bonds is 5. The lowest BCUT2D eigenvalue weighted by molar-refractivity contribution is 0.415. The van der Waals surface area contributed by atoms with Gasteiger partial charge in [0.1, 0.15) is 17.1 Å². The number of benzene rings is 1. The first-order valence-corrected chi connectivity index (χ1v) is 5.54. The number of aryl methyl sites for hydroxylation is 1. The molecule has 0 spiro atoms. The lowest BCUT2D eigenvalue weighted by Crippen LogP contribution is -2.07. The molecule has 0 aliphatic carbocycles. The molecule has 0 amide bonds. The quantitative estimate of drug-likeness (QED) is 0.785. The minimum atomic E-state index is 0.870. The summed E-state index contributed by atoms with van der Waals surface area (Å²) in [5, 5.41) is 4.24. The summed E-state index contributed by atoms with van der Waals surface area (Å²) in [5.41, 5.74) is 0.931. The smallest absolute Gasteiger partial charge is 0.134 e. The molecule has 0 aliphatic rings. The van der Waals surface area contributed by atoms with E-state index in [0.29, 0.717) is 0 Å². The van der Waals surface area contributed by atoms with E-state index in [2.05, 4.69) is 11.4 Å². The van der Waals surface area contributed by atoms with Gasteiger partial charge in [0.05, 0.1) is 7.11 Å². The molecule has 0 fully saturated rings. The van der Waals surface area contributed by atoms with Crippen LogP contribution in [0.2, 0.25) is 0 Å². The van der Waals surface area contributed by atoms with Crippen molar-refractivity contribution in [2.24, 2.45) is 0 Å². The molecule has 2 aromatic rings. The van der Waals surface area contributed by atoms with Crippen LogP contribution >= 0.6 is 0 Å². The fourth-order valence-corrected chi connectivity index (χ4v) is 1.77. The Kier molecular flexibility index (Phi) is 3.47. The van der Waals surface area contributed by atoms with Gasteiger partial charge in [0.15, 0.2) is 0 Å². The number of nitrogens with one attached hydrogen (secondary N) is 1. The third-order valence-electron chi connectivity index (χ3n) is 2.62. The number of furan rings is 1. The maximum atomic E-state index is 5.73. The summed E-state index contributed by atoms with van der Waals surface area (Å²) in [5.74, 6) is 1.91. The van der Waals surface area contributed by atoms with Crippen LogP contribution in [0.5, 0.6) is 5.75 Å². The first kappa shape index (κ1) is 11.0. The van der Waals surface area contributed by atoms with Crippen molar-refractivity contribution >= 4 is 11.0 Å². The molecule has 3 heteroatoms. The third kappa shape index (κ3) is 2.36. The minimum Gasteiger partial charge on any atom is -0.497 e. The van der Waals surface area contributed by atoms with Crippen molar-refractivity contribution in [1.82, 2.24) is 5.32 Å². The number of hydrogen-bond acceptors (Lipinski definition) is 3. The van der Waals surface area contributed by atoms with Crippen molar-refractivity contribution in [2.45, 2.75) is 12.8 Å². The minimum absolute atomic E-state index is 0.870. The van der Waals surface area contributed by atoms with Gasteiger partial charge in [-0.1, -0.05) is 0 Å². The van der Waals surface area contributed by atoms with Crippen LogP contribution in [0.25, 0.3) is 11.0 Å². The molecule has 1 aromatic heterocycles. The SMILES string of the molecule is CNCCCc1cc2cc(OC)ccc2o1. The van der Waals surface area contributed by atoms with Gasteiger partial charge in [0.2, 0.25) is 0 Å². The van der Waals surface area contributed by atoms with Gasteiger partial charge in [-0.2, -0.15) is 0 Å². The molecular formula is C13H17NO2. The number of hydrogen-bond donors (Lipinski definition) is 1. The van der Waals surface area contributed by atoms with Crippen molar-refractivity contribution in [3.05, 3.63) is 30.0 Å². The van der Waals surface area contributed by atoms with E-state index in [1.54, 1.807) is 7.11 Å². The number of fused-ring (bicyclic) bond motifs is 1. The topological polar surface area (TPSA) is 34.4 Å². The average Bonchev–Trinajstić information content (AvgIpc) is 2.70. The Morgan fingerprint density at radius 3 is 2.94 bits per heavy atom. The van der Waals surface area contributed by atoms with Gasteiger partial charge in [-0.25, -0.2) is 0 Å². The van der Waals surface area contributed by atoms with E-state index in [1.807, 2.05) is 25.2 Å². The standard InChI is InChI=1S/C13H17NO2/c1-14-7-3-4-12-9-10-8-11(15-2)5-6-13(10)16-12/h5-6,8-9,14H,3-4,7H2,1-2H3. The van der Waals surface area contributed by atoms with Crippen molar-refractivity contribution in [1.29, 1.82) is 0 Å². The highest BCUT2D eigenvalue weighted by atomic mass is 16.5. The molecule has 0 saturated heterocycles. The van der Waals surface area contributed by atoms with Crippen LogP contribution < -0.4 is 10.1 Å². The Hall–Kier alpha value is -1.48. The van der Waals surface area contributed by atoms with Crippen LogP contribution in [0.1, 0.15) is 12.2 Å². The normalized spacial score (nSPS) is 10.9. The van der Waals surface area contributed by atoms with E-state index in [-0.39, 0.29) is 0 Å². The van der Waals surface area contributed by atoms with Crippen molar-refractivity contribution in [2.75, 3.05) is 20.7 Å². The molecule has 0 radical (unpaired) electrons. The molecule has 0 atom stereocenters. The van der Waals surface area contributed by atoms with E-state index in [9.17, 15) is 0 Å². The first-order valence-electron chi connectivity index (χ1n) is 5.54. The van der Waals surface area contributed by atoms with E-state index in [4.69, 9.17) is 9.15 Å². The zero-order chi connectivity index (χ0) is 11.4. The molecule has 1 N–H and O–H groups in total. The molecule has 0 saturated carbocycles. The highest BCUT2D eigenvalue weighted by Crippen LogP contribution is 2.24. The largest absolute Gasteiger partial charge is 0.497 e. The Morgan fingerprint density at radius 2 is 2.19 bits per heavy atom. The summed E-state index contributed by atoms with van der Waals surface area (Å²) in [7, 11) is 3.64. The Bertz CT molecular complexity index is 462. The fourth-order valence-electron chi connectivity index (χ4n) is 1.77. The van der Waals surface area contributed by atoms with Crippen LogP contribution in [0.4, 0.5) is 0 Å². The van der Waals surface area contributed by atoms with Gasteiger partial charge < -0.3 is 14.5 Å². The predicted molar refractivity (Wildman–Crippen MR) is 65.0 cm³/mol. The van der Waals surface area contributed by atoms with Gasteiger partial charge in [-0.15, -0.1) is 0 Å². The maximum Gasteiger partial charge on any atom is 0.134 e. The summed E-state index contributed by atoms with van der Waals surface area (Å²) < 4.78 is 10.9. The monoisotopic (exact) mass is 219 g/mol. The second-order valence-corrected chi connectivity index (χ2v) is 3.82. The van der Waals surface area contributed by atoms with Crippen LogP contribution in [-0.2, 0) is 6.42 Å². The Labute approximate surface area is 95.4 Å². The van der Waals surface area contributed by atoms with E-state index in [1.165, 1.54) is 0 Å². The molecule has 0 aliphatic heterocycles. The molecule has 86 valence electrons. The van der Waals surface area contributed by atoms with Crippen molar-refractivity contribution in [3.8, 4) is 5.75 Å². The highest BCUT2D eigenvalue weighted by Gasteiger charge is 2.04. The van der Waals surface area contributed by atoms with Crippen LogP contribution in [0, 0.1) is 0 Å². The second-order valence-electron chi connectivity index (χ2n) is 3.82. The molecule has 1 heterocycles. The summed E-state index contributed by atoms with van der Waals surface area (Å²) in [6, 6.07) is 7.97. The lowest BCUT2D eigenvalue weighted by atomic mass is 10.2. The molecule has 16 heavy (non-hydrogen) atoms. The van der Waals surface area contributed by atoms with Gasteiger partial charge >= 0.3 is 0 Å². The summed E-state index contributed by atoms with van der Waals surface area (Å²) in [6.07, 6.45) is 2.06. The number of methoxy groups -OCH3 is 1. The number of ether oxygens (including phenoxy) is 1. The third-order valence-corrected chi connectivity index (χ3v) is 2.62. The Balaban J connectivity index is 2.16. The van der Waals surface area contributed by atoms with Gasteiger partial charge in [-0.3, -0.25) is 0 Å². The van der Waals surface area contributed by atoms with E-state index in [0.717, 1.165) is 41.9 Å². The zero-order valence-electron chi connectivity index (χ0n) is 9.75. The van der Waals surface area contributed by atoms with Crippen molar-refractivity contribution in [3.63, 3.8) is 0 Å². The predicted octanol–water partition coefficient (Wildman–Crippen LogP) is 2.59. The van der Waals surface area contributed by atoms with Gasteiger partial charge in [0, 0.05) is 11.8 Å². The average molecular weight is 219 g/mol. The Morgan fingerprint density at radius 1 is 1.31 bits per heavy atom. The summed E-state index contributed by atoms with van der Waals surface area (Å²) >= 11 is 0. The van der Waals surface area contributed by atoms with E-state index < -0.39 is 0 Å². The highest BCUT2D eigenvalue weighted by molar-refractivity contribution is 5.79. The van der Waals surface area contributed by atoms with Crippen LogP contribution in [-0.4, -0.2) is 20.7 Å². The first-order chi connectivity index (χ1) is 7.83. The van der Waals surface area contributed by atoms with Crippen LogP contribution in [0.15, 0.2) is 28.7 Å². The molecule has 3 nitrogen and oxygen atoms in total. The molecule has 0 unspecified atom stereocenters. The van der Waals surface area contributed by atoms with Crippen molar-refractivity contribution < 1.29 is 9.15 Å². The molecule has 1 aromatic carbocycles. The summed E-state index contributed by atoms with van der Waals surface area (Å²) in [4.78, 5) is 0. The molecule has 0 bridgehead atoms. The van der Waals surface area contributed by atoms with Gasteiger partial charge in [-0.05, 0) is 44.3 Å².